The highest BCUT2D eigenvalue weighted by Gasteiger charge is 2.26. The molecule has 0 amide bonds. The lowest BCUT2D eigenvalue weighted by molar-refractivity contribution is -0.388. The van der Waals surface area contributed by atoms with Gasteiger partial charge in [0.2, 0.25) is 11.6 Å². The number of benzene rings is 1. The lowest BCUT2D eigenvalue weighted by Gasteiger charge is -2.00. The van der Waals surface area contributed by atoms with Crippen molar-refractivity contribution in [3.63, 3.8) is 0 Å². The number of phenols is 1. The molecule has 0 saturated carbocycles. The predicted molar refractivity (Wildman–Crippen MR) is 42.4 cm³/mol. The summed E-state index contributed by atoms with van der Waals surface area (Å²) in [5.74, 6) is -3.85. The fourth-order valence-electron chi connectivity index (χ4n) is 0.740. The molecule has 0 atom stereocenters. The van der Waals surface area contributed by atoms with E-state index in [1.165, 1.54) is 0 Å². The lowest BCUT2D eigenvalue weighted by atomic mass is 10.3. The Kier molecular flexibility index (Phi) is 2.46. The maximum absolute atomic E-state index is 12.9. The average Bonchev–Trinajstić information content (AvgIpc) is 2.01. The summed E-state index contributed by atoms with van der Waals surface area (Å²) in [6, 6.07) is 0.609. The molecular weight excluding hydrogens is 252 g/mol. The van der Waals surface area contributed by atoms with Crippen molar-refractivity contribution in [2.24, 2.45) is 0 Å². The maximum atomic E-state index is 12.9. The van der Waals surface area contributed by atoms with Crippen molar-refractivity contribution in [3.8, 4) is 5.75 Å². The Morgan fingerprint density at radius 3 is 2.54 bits per heavy atom. The van der Waals surface area contributed by atoms with E-state index in [1.54, 1.807) is 0 Å². The molecule has 0 radical (unpaired) electrons. The first-order chi connectivity index (χ1) is 5.95. The van der Waals surface area contributed by atoms with Gasteiger partial charge in [-0.25, -0.2) is 4.39 Å². The summed E-state index contributed by atoms with van der Waals surface area (Å²) in [6.45, 7) is 0. The normalized spacial score (nSPS) is 10.1. The van der Waals surface area contributed by atoms with Crippen molar-refractivity contribution in [2.45, 2.75) is 0 Å². The molecule has 1 rings (SSSR count). The number of nitro benzene ring substituents is 1. The van der Waals surface area contributed by atoms with Crippen molar-refractivity contribution >= 4 is 21.6 Å². The summed E-state index contributed by atoms with van der Waals surface area (Å²) in [7, 11) is 0. The molecule has 0 saturated heterocycles. The molecule has 1 N–H and O–H groups in total. The van der Waals surface area contributed by atoms with E-state index in [1.807, 2.05) is 0 Å². The highest BCUT2D eigenvalue weighted by atomic mass is 79.9. The predicted octanol–water partition coefficient (Wildman–Crippen LogP) is 2.34. The average molecular weight is 254 g/mol. The van der Waals surface area contributed by atoms with Gasteiger partial charge in [0, 0.05) is 0 Å². The second-order valence-corrected chi connectivity index (χ2v) is 2.96. The van der Waals surface area contributed by atoms with E-state index in [0.29, 0.717) is 6.07 Å². The second-order valence-electron chi connectivity index (χ2n) is 2.11. The molecule has 0 aromatic heterocycles. The first-order valence-electron chi connectivity index (χ1n) is 2.96. The zero-order chi connectivity index (χ0) is 10.2. The van der Waals surface area contributed by atoms with Crippen molar-refractivity contribution in [1.29, 1.82) is 0 Å². The number of nitrogens with zero attached hydrogens (tertiary/aromatic N) is 1. The van der Waals surface area contributed by atoms with Crippen LogP contribution in [0.2, 0.25) is 0 Å². The molecule has 0 heterocycles. The van der Waals surface area contributed by atoms with E-state index >= 15 is 0 Å². The quantitative estimate of drug-likeness (QED) is 0.475. The van der Waals surface area contributed by atoms with Crippen LogP contribution in [0.15, 0.2) is 10.5 Å². The van der Waals surface area contributed by atoms with Crippen LogP contribution in [0.3, 0.4) is 0 Å². The number of hydrogen-bond donors (Lipinski definition) is 1. The zero-order valence-electron chi connectivity index (χ0n) is 5.92. The van der Waals surface area contributed by atoms with E-state index in [4.69, 9.17) is 5.11 Å². The standard InChI is InChI=1S/C6H2BrF2NO3/c7-2-1-3(8)6(11)5(4(2)9)10(12)13/h1,11H. The van der Waals surface area contributed by atoms with Crippen molar-refractivity contribution < 1.29 is 18.8 Å². The van der Waals surface area contributed by atoms with Gasteiger partial charge in [-0.2, -0.15) is 4.39 Å². The van der Waals surface area contributed by atoms with Crippen LogP contribution in [0.5, 0.6) is 5.75 Å². The molecule has 0 aliphatic carbocycles. The smallest absolute Gasteiger partial charge is 0.350 e. The van der Waals surface area contributed by atoms with Crippen LogP contribution in [-0.2, 0) is 0 Å². The monoisotopic (exact) mass is 253 g/mol. The number of rotatable bonds is 1. The summed E-state index contributed by atoms with van der Waals surface area (Å²) in [5.41, 5.74) is -1.27. The van der Waals surface area contributed by atoms with Crippen LogP contribution in [0.1, 0.15) is 0 Å². The van der Waals surface area contributed by atoms with Gasteiger partial charge < -0.3 is 5.11 Å². The molecule has 1 aromatic rings. The van der Waals surface area contributed by atoms with Gasteiger partial charge in [0.25, 0.3) is 0 Å². The Bertz CT molecular complexity index is 356. The van der Waals surface area contributed by atoms with Crippen LogP contribution in [0.4, 0.5) is 14.5 Å². The zero-order valence-corrected chi connectivity index (χ0v) is 7.51. The van der Waals surface area contributed by atoms with Gasteiger partial charge in [0.05, 0.1) is 9.40 Å². The summed E-state index contributed by atoms with van der Waals surface area (Å²) in [5, 5.41) is 19.0. The third kappa shape index (κ3) is 1.59. The molecule has 1 aromatic carbocycles. The summed E-state index contributed by atoms with van der Waals surface area (Å²) in [4.78, 5) is 8.97. The van der Waals surface area contributed by atoms with Gasteiger partial charge in [-0.3, -0.25) is 10.1 Å². The number of halogens is 3. The molecule has 13 heavy (non-hydrogen) atoms. The molecule has 7 heteroatoms. The van der Waals surface area contributed by atoms with Crippen molar-refractivity contribution in [1.82, 2.24) is 0 Å². The molecule has 0 spiro atoms. The third-order valence-electron chi connectivity index (χ3n) is 1.30. The Balaban J connectivity index is 3.56. The Hall–Kier alpha value is -1.24. The van der Waals surface area contributed by atoms with Crippen LogP contribution >= 0.6 is 15.9 Å². The molecule has 0 bridgehead atoms. The van der Waals surface area contributed by atoms with E-state index in [0.717, 1.165) is 0 Å². The van der Waals surface area contributed by atoms with Crippen molar-refractivity contribution in [3.05, 3.63) is 32.3 Å². The van der Waals surface area contributed by atoms with Gasteiger partial charge in [0.1, 0.15) is 0 Å². The van der Waals surface area contributed by atoms with E-state index in [2.05, 4.69) is 15.9 Å². The van der Waals surface area contributed by atoms with Crippen LogP contribution in [0.25, 0.3) is 0 Å². The summed E-state index contributed by atoms with van der Waals surface area (Å²) < 4.78 is 25.1. The van der Waals surface area contributed by atoms with Gasteiger partial charge in [-0.15, -0.1) is 0 Å². The van der Waals surface area contributed by atoms with E-state index in [9.17, 15) is 18.9 Å². The van der Waals surface area contributed by atoms with Crippen LogP contribution < -0.4 is 0 Å². The lowest BCUT2D eigenvalue weighted by Crippen LogP contribution is -1.96. The number of aromatic hydroxyl groups is 1. The number of hydrogen-bond acceptors (Lipinski definition) is 3. The molecule has 0 aliphatic rings. The highest BCUT2D eigenvalue weighted by Crippen LogP contribution is 2.35. The SMILES string of the molecule is O=[N+]([O-])c1c(O)c(F)cc(Br)c1F. The first-order valence-corrected chi connectivity index (χ1v) is 3.75. The van der Waals surface area contributed by atoms with Crippen LogP contribution in [0, 0.1) is 21.7 Å². The highest BCUT2D eigenvalue weighted by molar-refractivity contribution is 9.10. The minimum Gasteiger partial charge on any atom is -0.500 e. The first kappa shape index (κ1) is 9.85. The van der Waals surface area contributed by atoms with Gasteiger partial charge in [-0.1, -0.05) is 0 Å². The van der Waals surface area contributed by atoms with Gasteiger partial charge in [-0.05, 0) is 22.0 Å². The molecular formula is C6H2BrF2NO3. The van der Waals surface area contributed by atoms with Gasteiger partial charge >= 0.3 is 5.69 Å². The topological polar surface area (TPSA) is 63.4 Å². The molecule has 0 aliphatic heterocycles. The Morgan fingerprint density at radius 1 is 1.54 bits per heavy atom. The molecule has 4 nitrogen and oxygen atoms in total. The Morgan fingerprint density at radius 2 is 2.08 bits per heavy atom. The minimum atomic E-state index is -1.30. The Labute approximate surface area is 79.1 Å². The van der Waals surface area contributed by atoms with Gasteiger partial charge in [0.15, 0.2) is 5.82 Å². The molecule has 0 unspecified atom stereocenters. The second kappa shape index (κ2) is 3.25. The fraction of sp³-hybridized carbons (Fsp3) is 0. The summed E-state index contributed by atoms with van der Waals surface area (Å²) in [6.07, 6.45) is 0. The van der Waals surface area contributed by atoms with E-state index in [-0.39, 0.29) is 0 Å². The van der Waals surface area contributed by atoms with Crippen molar-refractivity contribution in [2.75, 3.05) is 0 Å². The van der Waals surface area contributed by atoms with Crippen LogP contribution in [-0.4, -0.2) is 10.0 Å². The summed E-state index contributed by atoms with van der Waals surface area (Å²) >= 11 is 2.57. The third-order valence-corrected chi connectivity index (χ3v) is 1.88. The minimum absolute atomic E-state index is 0.408. The molecule has 0 fully saturated rings. The maximum Gasteiger partial charge on any atom is 0.350 e. The van der Waals surface area contributed by atoms with E-state index < -0.39 is 32.5 Å². The fourth-order valence-corrected chi connectivity index (χ4v) is 1.13. The number of phenolic OH excluding ortho intramolecular Hbond substituents is 1. The molecule has 70 valence electrons. The largest absolute Gasteiger partial charge is 0.500 e. The number of nitro groups is 1.